The number of nitrogens with zero attached hydrogens (tertiary/aromatic N) is 2. The summed E-state index contributed by atoms with van der Waals surface area (Å²) in [6, 6.07) is 0. The summed E-state index contributed by atoms with van der Waals surface area (Å²) >= 11 is 0. The Morgan fingerprint density at radius 1 is 1.11 bits per heavy atom. The van der Waals surface area contributed by atoms with Crippen molar-refractivity contribution in [3.63, 3.8) is 0 Å². The quantitative estimate of drug-likeness (QED) is 0.770. The Hall–Kier alpha value is -0.610. The Kier molecular flexibility index (Phi) is 6.65. The van der Waals surface area contributed by atoms with E-state index in [1.165, 1.54) is 0 Å². The first-order valence-electron chi connectivity index (χ1n) is 7.20. The molecule has 1 saturated heterocycles. The molecule has 1 heterocycles. The van der Waals surface area contributed by atoms with Crippen LogP contribution in [0.3, 0.4) is 0 Å². The SMILES string of the molecule is CC(C)CN(CC(C)C)C(=O)CN1CCNCC1. The van der Waals surface area contributed by atoms with E-state index >= 15 is 0 Å². The fourth-order valence-electron chi connectivity index (χ4n) is 2.32. The normalized spacial score (nSPS) is 17.4. The first-order chi connectivity index (χ1) is 8.49. The van der Waals surface area contributed by atoms with E-state index < -0.39 is 0 Å². The molecule has 1 aliphatic rings. The van der Waals surface area contributed by atoms with E-state index in [1.807, 2.05) is 4.90 Å². The second-order valence-electron chi connectivity index (χ2n) is 6.11. The lowest BCUT2D eigenvalue weighted by molar-refractivity contribution is -0.133. The Bertz CT molecular complexity index is 237. The van der Waals surface area contributed by atoms with Crippen LogP contribution in [0, 0.1) is 11.8 Å². The van der Waals surface area contributed by atoms with E-state index in [4.69, 9.17) is 0 Å². The minimum absolute atomic E-state index is 0.291. The van der Waals surface area contributed by atoms with Gasteiger partial charge in [-0.15, -0.1) is 0 Å². The highest BCUT2D eigenvalue weighted by molar-refractivity contribution is 5.78. The molecule has 1 aliphatic heterocycles. The summed E-state index contributed by atoms with van der Waals surface area (Å²) in [7, 11) is 0. The summed E-state index contributed by atoms with van der Waals surface area (Å²) in [5.74, 6) is 1.37. The second kappa shape index (κ2) is 7.74. The number of nitrogens with one attached hydrogen (secondary N) is 1. The van der Waals surface area contributed by atoms with Crippen LogP contribution in [0.15, 0.2) is 0 Å². The zero-order valence-electron chi connectivity index (χ0n) is 12.4. The van der Waals surface area contributed by atoms with E-state index in [0.717, 1.165) is 39.3 Å². The van der Waals surface area contributed by atoms with E-state index in [-0.39, 0.29) is 0 Å². The molecule has 0 aromatic heterocycles. The largest absolute Gasteiger partial charge is 0.341 e. The molecule has 18 heavy (non-hydrogen) atoms. The molecule has 4 heteroatoms. The number of carbonyl (C=O) groups is 1. The van der Waals surface area contributed by atoms with Crippen LogP contribution >= 0.6 is 0 Å². The maximum absolute atomic E-state index is 12.3. The Balaban J connectivity index is 2.46. The summed E-state index contributed by atoms with van der Waals surface area (Å²) in [6.07, 6.45) is 0. The molecule has 0 bridgehead atoms. The third-order valence-electron chi connectivity index (χ3n) is 3.09. The molecule has 1 fully saturated rings. The van der Waals surface area contributed by atoms with Gasteiger partial charge in [0.25, 0.3) is 0 Å². The molecule has 0 aliphatic carbocycles. The van der Waals surface area contributed by atoms with Crippen molar-refractivity contribution in [1.82, 2.24) is 15.1 Å². The molecule has 1 N–H and O–H groups in total. The summed E-state index contributed by atoms with van der Waals surface area (Å²) in [6.45, 7) is 15.0. The highest BCUT2D eigenvalue weighted by Gasteiger charge is 2.20. The highest BCUT2D eigenvalue weighted by Crippen LogP contribution is 2.05. The fourth-order valence-corrected chi connectivity index (χ4v) is 2.32. The molecular formula is C14H29N3O. The molecule has 0 aromatic rings. The van der Waals surface area contributed by atoms with Gasteiger partial charge in [0, 0.05) is 39.3 Å². The fraction of sp³-hybridized carbons (Fsp3) is 0.929. The number of amides is 1. The van der Waals surface area contributed by atoms with Gasteiger partial charge in [-0.25, -0.2) is 0 Å². The van der Waals surface area contributed by atoms with Crippen molar-refractivity contribution < 1.29 is 4.79 Å². The third-order valence-corrected chi connectivity index (χ3v) is 3.09. The van der Waals surface area contributed by atoms with Crippen molar-refractivity contribution in [3.8, 4) is 0 Å². The van der Waals surface area contributed by atoms with E-state index in [2.05, 4.69) is 37.9 Å². The van der Waals surface area contributed by atoms with Gasteiger partial charge in [-0.1, -0.05) is 27.7 Å². The zero-order chi connectivity index (χ0) is 13.5. The number of hydrogen-bond donors (Lipinski definition) is 1. The van der Waals surface area contributed by atoms with Crippen molar-refractivity contribution >= 4 is 5.91 Å². The lowest BCUT2D eigenvalue weighted by atomic mass is 10.1. The number of carbonyl (C=O) groups excluding carboxylic acids is 1. The number of piperazine rings is 1. The molecule has 0 spiro atoms. The average molecular weight is 255 g/mol. The van der Waals surface area contributed by atoms with Crippen molar-refractivity contribution in [2.24, 2.45) is 11.8 Å². The summed E-state index contributed by atoms with van der Waals surface area (Å²) < 4.78 is 0. The third kappa shape index (κ3) is 5.83. The van der Waals surface area contributed by atoms with Crippen molar-refractivity contribution in [2.45, 2.75) is 27.7 Å². The van der Waals surface area contributed by atoms with Crippen LogP contribution in [-0.4, -0.2) is 61.5 Å². The summed E-state index contributed by atoms with van der Waals surface area (Å²) in [5.41, 5.74) is 0. The molecule has 1 rings (SSSR count). The van der Waals surface area contributed by atoms with Crippen LogP contribution in [0.2, 0.25) is 0 Å². The van der Waals surface area contributed by atoms with E-state index in [9.17, 15) is 4.79 Å². The van der Waals surface area contributed by atoms with Crippen LogP contribution in [0.5, 0.6) is 0 Å². The smallest absolute Gasteiger partial charge is 0.236 e. The van der Waals surface area contributed by atoms with Gasteiger partial charge in [0.1, 0.15) is 0 Å². The summed E-state index contributed by atoms with van der Waals surface area (Å²) in [4.78, 5) is 16.6. The predicted octanol–water partition coefficient (Wildman–Crippen LogP) is 1.03. The van der Waals surface area contributed by atoms with Gasteiger partial charge in [0.15, 0.2) is 0 Å². The van der Waals surface area contributed by atoms with Gasteiger partial charge in [0.2, 0.25) is 5.91 Å². The molecule has 106 valence electrons. The minimum atomic E-state index is 0.291. The van der Waals surface area contributed by atoms with Gasteiger partial charge >= 0.3 is 0 Å². The second-order valence-corrected chi connectivity index (χ2v) is 6.11. The van der Waals surface area contributed by atoms with Gasteiger partial charge in [0.05, 0.1) is 6.54 Å². The minimum Gasteiger partial charge on any atom is -0.341 e. The Morgan fingerprint density at radius 3 is 2.06 bits per heavy atom. The molecule has 0 radical (unpaired) electrons. The highest BCUT2D eigenvalue weighted by atomic mass is 16.2. The zero-order valence-corrected chi connectivity index (χ0v) is 12.4. The summed E-state index contributed by atoms with van der Waals surface area (Å²) in [5, 5.41) is 3.32. The predicted molar refractivity (Wildman–Crippen MR) is 75.6 cm³/mol. The lowest BCUT2D eigenvalue weighted by Crippen LogP contribution is -2.49. The van der Waals surface area contributed by atoms with Gasteiger partial charge < -0.3 is 10.2 Å². The van der Waals surface area contributed by atoms with Crippen LogP contribution in [-0.2, 0) is 4.79 Å². The molecule has 0 unspecified atom stereocenters. The standard InChI is InChI=1S/C14H29N3O/c1-12(2)9-17(10-13(3)4)14(18)11-16-7-5-15-6-8-16/h12-13,15H,5-11H2,1-4H3. The molecule has 0 aromatic carbocycles. The first kappa shape index (κ1) is 15.4. The number of rotatable bonds is 6. The van der Waals surface area contributed by atoms with Crippen LogP contribution in [0.25, 0.3) is 0 Å². The maximum atomic E-state index is 12.3. The van der Waals surface area contributed by atoms with Gasteiger partial charge in [-0.3, -0.25) is 9.69 Å². The molecule has 0 saturated carbocycles. The maximum Gasteiger partial charge on any atom is 0.236 e. The van der Waals surface area contributed by atoms with Gasteiger partial charge in [-0.05, 0) is 11.8 Å². The average Bonchev–Trinajstić information content (AvgIpc) is 2.28. The number of hydrogen-bond acceptors (Lipinski definition) is 3. The van der Waals surface area contributed by atoms with Crippen LogP contribution < -0.4 is 5.32 Å². The molecule has 4 nitrogen and oxygen atoms in total. The van der Waals surface area contributed by atoms with Crippen LogP contribution in [0.1, 0.15) is 27.7 Å². The molecule has 1 amide bonds. The monoisotopic (exact) mass is 255 g/mol. The van der Waals surface area contributed by atoms with E-state index in [0.29, 0.717) is 24.3 Å². The topological polar surface area (TPSA) is 35.6 Å². The van der Waals surface area contributed by atoms with Crippen molar-refractivity contribution in [1.29, 1.82) is 0 Å². The lowest BCUT2D eigenvalue weighted by Gasteiger charge is -2.31. The van der Waals surface area contributed by atoms with Gasteiger partial charge in [-0.2, -0.15) is 0 Å². The molecule has 0 atom stereocenters. The Labute approximate surface area is 112 Å². The van der Waals surface area contributed by atoms with Crippen LogP contribution in [0.4, 0.5) is 0 Å². The van der Waals surface area contributed by atoms with Crippen molar-refractivity contribution in [2.75, 3.05) is 45.8 Å². The van der Waals surface area contributed by atoms with E-state index in [1.54, 1.807) is 0 Å². The molecular weight excluding hydrogens is 226 g/mol. The van der Waals surface area contributed by atoms with Crippen molar-refractivity contribution in [3.05, 3.63) is 0 Å². The Morgan fingerprint density at radius 2 is 1.61 bits per heavy atom. The first-order valence-corrected chi connectivity index (χ1v) is 7.20.